The molecule has 0 fully saturated rings. The number of alkyl halides is 1. The minimum Gasteiger partial charge on any atom is -0.411 e. The van der Waals surface area contributed by atoms with E-state index < -0.39 is 8.32 Å². The minimum atomic E-state index is -1.70. The van der Waals surface area contributed by atoms with Crippen molar-refractivity contribution in [3.05, 3.63) is 41.5 Å². The van der Waals surface area contributed by atoms with Crippen LogP contribution in [0.5, 0.6) is 0 Å². The van der Waals surface area contributed by atoms with Gasteiger partial charge in [0.1, 0.15) is 0 Å². The Hall–Kier alpha value is -0.383. The average molecular weight is 369 g/mol. The third kappa shape index (κ3) is 5.72. The molecule has 0 spiro atoms. The molecule has 118 valence electrons. The molecule has 1 aromatic carbocycles. The number of hydrogen-bond acceptors (Lipinski definition) is 1. The summed E-state index contributed by atoms with van der Waals surface area (Å²) in [5.74, 6) is 0. The van der Waals surface area contributed by atoms with E-state index in [0.717, 1.165) is 11.8 Å². The SMILES string of the molecule is CC[C@H](/C=C/c1cccc(CBr)c1)O[Si](C)(C)C(C)(C)C. The van der Waals surface area contributed by atoms with Gasteiger partial charge < -0.3 is 4.43 Å². The monoisotopic (exact) mass is 368 g/mol. The molecule has 1 rings (SSSR count). The van der Waals surface area contributed by atoms with Crippen molar-refractivity contribution in [2.45, 2.75) is 63.7 Å². The number of halogens is 1. The summed E-state index contributed by atoms with van der Waals surface area (Å²) in [7, 11) is -1.70. The molecular weight excluding hydrogens is 340 g/mol. The lowest BCUT2D eigenvalue weighted by Gasteiger charge is -2.38. The fourth-order valence-corrected chi connectivity index (χ4v) is 3.52. The second-order valence-electron chi connectivity index (χ2n) is 7.06. The molecule has 21 heavy (non-hydrogen) atoms. The van der Waals surface area contributed by atoms with E-state index in [1.54, 1.807) is 0 Å². The molecule has 0 aliphatic rings. The van der Waals surface area contributed by atoms with Crippen molar-refractivity contribution in [3.8, 4) is 0 Å². The van der Waals surface area contributed by atoms with E-state index in [1.165, 1.54) is 11.1 Å². The summed E-state index contributed by atoms with van der Waals surface area (Å²) in [6.45, 7) is 13.7. The van der Waals surface area contributed by atoms with Gasteiger partial charge in [0.15, 0.2) is 8.32 Å². The Morgan fingerprint density at radius 2 is 1.95 bits per heavy atom. The van der Waals surface area contributed by atoms with E-state index in [4.69, 9.17) is 4.43 Å². The third-order valence-corrected chi connectivity index (χ3v) is 9.42. The van der Waals surface area contributed by atoms with Crippen molar-refractivity contribution in [1.82, 2.24) is 0 Å². The zero-order valence-corrected chi connectivity index (χ0v) is 16.8. The molecule has 1 atom stereocenters. The van der Waals surface area contributed by atoms with E-state index >= 15 is 0 Å². The van der Waals surface area contributed by atoms with Crippen LogP contribution in [0, 0.1) is 0 Å². The Bertz CT molecular complexity index is 474. The van der Waals surface area contributed by atoms with Crippen LogP contribution in [0.2, 0.25) is 18.1 Å². The Labute approximate surface area is 140 Å². The maximum Gasteiger partial charge on any atom is 0.192 e. The maximum atomic E-state index is 6.47. The quantitative estimate of drug-likeness (QED) is 0.417. The van der Waals surface area contributed by atoms with E-state index in [9.17, 15) is 0 Å². The van der Waals surface area contributed by atoms with Crippen LogP contribution in [0.4, 0.5) is 0 Å². The summed E-state index contributed by atoms with van der Waals surface area (Å²) >= 11 is 3.50. The Kier molecular flexibility index (Phi) is 6.89. The van der Waals surface area contributed by atoms with Gasteiger partial charge in [-0.2, -0.15) is 0 Å². The van der Waals surface area contributed by atoms with E-state index in [-0.39, 0.29) is 11.1 Å². The van der Waals surface area contributed by atoms with Crippen LogP contribution < -0.4 is 0 Å². The van der Waals surface area contributed by atoms with Gasteiger partial charge in [-0.1, -0.05) is 80.0 Å². The second-order valence-corrected chi connectivity index (χ2v) is 12.4. The topological polar surface area (TPSA) is 9.23 Å². The lowest BCUT2D eigenvalue weighted by Crippen LogP contribution is -2.43. The van der Waals surface area contributed by atoms with Gasteiger partial charge >= 0.3 is 0 Å². The van der Waals surface area contributed by atoms with Crippen molar-refractivity contribution >= 4 is 30.3 Å². The van der Waals surface area contributed by atoms with Gasteiger partial charge in [0.2, 0.25) is 0 Å². The van der Waals surface area contributed by atoms with Gasteiger partial charge in [-0.15, -0.1) is 0 Å². The average Bonchev–Trinajstić information content (AvgIpc) is 2.42. The number of rotatable bonds is 6. The first-order valence-electron chi connectivity index (χ1n) is 7.70. The van der Waals surface area contributed by atoms with Gasteiger partial charge in [-0.25, -0.2) is 0 Å². The van der Waals surface area contributed by atoms with Crippen molar-refractivity contribution in [1.29, 1.82) is 0 Å². The van der Waals surface area contributed by atoms with Crippen LogP contribution in [0.15, 0.2) is 30.3 Å². The van der Waals surface area contributed by atoms with E-state index in [1.807, 2.05) is 0 Å². The lowest BCUT2D eigenvalue weighted by molar-refractivity contribution is 0.221. The molecule has 3 heteroatoms. The van der Waals surface area contributed by atoms with Crippen LogP contribution >= 0.6 is 15.9 Å². The molecule has 1 aromatic rings. The predicted molar refractivity (Wildman–Crippen MR) is 100 cm³/mol. The molecule has 0 saturated carbocycles. The minimum absolute atomic E-state index is 0.207. The number of hydrogen-bond donors (Lipinski definition) is 0. The van der Waals surface area contributed by atoms with Crippen LogP contribution in [-0.4, -0.2) is 14.4 Å². The smallest absolute Gasteiger partial charge is 0.192 e. The normalized spacial score (nSPS) is 14.6. The molecular formula is C18H29BrOSi. The fourth-order valence-electron chi connectivity index (χ4n) is 1.81. The molecule has 0 aromatic heterocycles. The summed E-state index contributed by atoms with van der Waals surface area (Å²) in [5, 5.41) is 1.15. The van der Waals surface area contributed by atoms with Crippen molar-refractivity contribution < 1.29 is 4.43 Å². The highest BCUT2D eigenvalue weighted by Gasteiger charge is 2.38. The number of benzene rings is 1. The molecule has 0 aliphatic carbocycles. The Balaban J connectivity index is 2.80. The zero-order valence-electron chi connectivity index (χ0n) is 14.2. The summed E-state index contributed by atoms with van der Waals surface area (Å²) in [6.07, 6.45) is 5.63. The van der Waals surface area contributed by atoms with Crippen molar-refractivity contribution in [3.63, 3.8) is 0 Å². The summed E-state index contributed by atoms with van der Waals surface area (Å²) in [6, 6.07) is 8.59. The molecule has 0 radical (unpaired) electrons. The molecule has 0 heterocycles. The van der Waals surface area contributed by atoms with Crippen molar-refractivity contribution in [2.75, 3.05) is 0 Å². The first-order chi connectivity index (χ1) is 9.69. The van der Waals surface area contributed by atoms with E-state index in [0.29, 0.717) is 0 Å². The van der Waals surface area contributed by atoms with Gasteiger partial charge in [0.25, 0.3) is 0 Å². The highest BCUT2D eigenvalue weighted by Crippen LogP contribution is 2.37. The van der Waals surface area contributed by atoms with Crippen molar-refractivity contribution in [2.24, 2.45) is 0 Å². The fraction of sp³-hybridized carbons (Fsp3) is 0.556. The Morgan fingerprint density at radius 1 is 1.29 bits per heavy atom. The predicted octanol–water partition coefficient (Wildman–Crippen LogP) is 6.40. The van der Waals surface area contributed by atoms with E-state index in [2.05, 4.69) is 93.1 Å². The van der Waals surface area contributed by atoms with Crippen LogP contribution in [0.1, 0.15) is 45.2 Å². The highest BCUT2D eigenvalue weighted by molar-refractivity contribution is 9.08. The molecule has 1 nitrogen and oxygen atoms in total. The van der Waals surface area contributed by atoms with Crippen LogP contribution in [0.25, 0.3) is 6.08 Å². The van der Waals surface area contributed by atoms with Gasteiger partial charge in [0, 0.05) is 5.33 Å². The van der Waals surface area contributed by atoms with Gasteiger partial charge in [-0.3, -0.25) is 0 Å². The molecule has 0 bridgehead atoms. The Morgan fingerprint density at radius 3 is 2.48 bits per heavy atom. The maximum absolute atomic E-state index is 6.47. The summed E-state index contributed by atoms with van der Waals surface area (Å²) in [5.41, 5.74) is 2.54. The summed E-state index contributed by atoms with van der Waals surface area (Å²) < 4.78 is 6.47. The summed E-state index contributed by atoms with van der Waals surface area (Å²) in [4.78, 5) is 0. The first kappa shape index (κ1) is 18.7. The third-order valence-electron chi connectivity index (χ3n) is 4.26. The molecule has 0 aliphatic heterocycles. The largest absolute Gasteiger partial charge is 0.411 e. The van der Waals surface area contributed by atoms with Crippen LogP contribution in [-0.2, 0) is 9.76 Å². The first-order valence-corrected chi connectivity index (χ1v) is 11.7. The molecule has 0 unspecified atom stereocenters. The lowest BCUT2D eigenvalue weighted by atomic mass is 10.1. The van der Waals surface area contributed by atoms with Gasteiger partial charge in [-0.05, 0) is 35.7 Å². The van der Waals surface area contributed by atoms with Gasteiger partial charge in [0.05, 0.1) is 6.10 Å². The molecule has 0 saturated heterocycles. The zero-order chi connectivity index (χ0) is 16.1. The van der Waals surface area contributed by atoms with Crippen LogP contribution in [0.3, 0.4) is 0 Å². The molecule has 0 amide bonds. The highest BCUT2D eigenvalue weighted by atomic mass is 79.9. The second kappa shape index (κ2) is 7.75. The molecule has 0 N–H and O–H groups in total. The standard InChI is InChI=1S/C18H29BrOSi/c1-7-17(20-21(5,6)18(2,3)4)12-11-15-9-8-10-16(13-15)14-19/h8-13,17H,7,14H2,1-6H3/b12-11+/t17-/m1/s1.